The fraction of sp³-hybridized carbons (Fsp3) is 0.409. The van der Waals surface area contributed by atoms with Crippen LogP contribution in [0.5, 0.6) is 5.75 Å². The van der Waals surface area contributed by atoms with Crippen molar-refractivity contribution in [2.45, 2.75) is 50.5 Å². The van der Waals surface area contributed by atoms with E-state index in [9.17, 15) is 4.79 Å². The molecule has 3 nitrogen and oxygen atoms in total. The minimum absolute atomic E-state index is 0.0109. The van der Waals surface area contributed by atoms with E-state index in [-0.39, 0.29) is 17.6 Å². The van der Waals surface area contributed by atoms with Crippen LogP contribution in [0.3, 0.4) is 0 Å². The van der Waals surface area contributed by atoms with Crippen LogP contribution in [-0.4, -0.2) is 17.3 Å². The Balaban J connectivity index is 1.63. The first-order valence-corrected chi connectivity index (χ1v) is 11.0. The minimum atomic E-state index is -0.211. The van der Waals surface area contributed by atoms with Crippen molar-refractivity contribution in [2.75, 3.05) is 5.75 Å². The topological polar surface area (TPSA) is 38.3 Å². The number of carbonyl (C=O) groups excluding carboxylic acids is 1. The molecular formula is C22H26ClNO2S. The molecule has 2 aromatic rings. The summed E-state index contributed by atoms with van der Waals surface area (Å²) < 4.78 is 6.31. The van der Waals surface area contributed by atoms with E-state index in [1.54, 1.807) is 11.8 Å². The van der Waals surface area contributed by atoms with E-state index in [0.29, 0.717) is 5.75 Å². The third-order valence-electron chi connectivity index (χ3n) is 5.27. The number of thioether (sulfide) groups is 1. The molecule has 1 N–H and O–H groups in total. The Morgan fingerprint density at radius 3 is 2.63 bits per heavy atom. The highest BCUT2D eigenvalue weighted by Gasteiger charge is 2.38. The second kappa shape index (κ2) is 9.03. The molecule has 5 heteroatoms. The van der Waals surface area contributed by atoms with Crippen LogP contribution in [0.2, 0.25) is 5.02 Å². The van der Waals surface area contributed by atoms with Gasteiger partial charge in [0, 0.05) is 22.8 Å². The summed E-state index contributed by atoms with van der Waals surface area (Å²) in [5, 5.41) is 3.98. The smallest absolute Gasteiger partial charge is 0.230 e. The fourth-order valence-corrected chi connectivity index (χ4v) is 4.66. The third kappa shape index (κ3) is 4.80. The first kappa shape index (κ1) is 20.1. The molecule has 0 saturated carbocycles. The quantitative estimate of drug-likeness (QED) is 0.637. The van der Waals surface area contributed by atoms with Gasteiger partial charge in [0.2, 0.25) is 5.91 Å². The Bertz CT molecular complexity index is 791. The second-order valence-electron chi connectivity index (χ2n) is 6.94. The van der Waals surface area contributed by atoms with Gasteiger partial charge in [0.15, 0.2) is 0 Å². The van der Waals surface area contributed by atoms with Gasteiger partial charge in [-0.3, -0.25) is 4.79 Å². The van der Waals surface area contributed by atoms with Gasteiger partial charge in [-0.1, -0.05) is 61.8 Å². The van der Waals surface area contributed by atoms with Crippen LogP contribution < -0.4 is 10.1 Å². The molecule has 1 unspecified atom stereocenters. The van der Waals surface area contributed by atoms with Gasteiger partial charge in [-0.25, -0.2) is 0 Å². The molecule has 0 aromatic heterocycles. The lowest BCUT2D eigenvalue weighted by atomic mass is 9.83. The van der Waals surface area contributed by atoms with Crippen LogP contribution >= 0.6 is 23.4 Å². The highest BCUT2D eigenvalue weighted by atomic mass is 35.5. The zero-order valence-electron chi connectivity index (χ0n) is 15.8. The number of rotatable bonds is 7. The Morgan fingerprint density at radius 1 is 1.19 bits per heavy atom. The summed E-state index contributed by atoms with van der Waals surface area (Å²) in [5.41, 5.74) is 1.92. The average molecular weight is 404 g/mol. The molecule has 1 heterocycles. The molecule has 0 bridgehead atoms. The molecule has 0 aliphatic carbocycles. The number of amides is 1. The molecule has 144 valence electrons. The van der Waals surface area contributed by atoms with Crippen molar-refractivity contribution in [3.63, 3.8) is 0 Å². The average Bonchev–Trinajstić information content (AvgIpc) is 2.69. The van der Waals surface area contributed by atoms with E-state index < -0.39 is 0 Å². The monoisotopic (exact) mass is 403 g/mol. The molecule has 2 aromatic carbocycles. The molecule has 0 fully saturated rings. The highest BCUT2D eigenvalue weighted by molar-refractivity contribution is 7.99. The zero-order valence-corrected chi connectivity index (χ0v) is 17.4. The van der Waals surface area contributed by atoms with Crippen LogP contribution in [-0.2, 0) is 10.5 Å². The van der Waals surface area contributed by atoms with Crippen molar-refractivity contribution in [1.29, 1.82) is 0 Å². The first-order chi connectivity index (χ1) is 13.1. The number of carbonyl (C=O) groups is 1. The van der Waals surface area contributed by atoms with Gasteiger partial charge in [-0.2, -0.15) is 0 Å². The van der Waals surface area contributed by atoms with Gasteiger partial charge in [-0.15, -0.1) is 11.8 Å². The maximum absolute atomic E-state index is 12.6. The van der Waals surface area contributed by atoms with Gasteiger partial charge < -0.3 is 10.1 Å². The van der Waals surface area contributed by atoms with E-state index in [2.05, 4.69) is 19.2 Å². The van der Waals surface area contributed by atoms with E-state index in [0.717, 1.165) is 46.9 Å². The fourth-order valence-electron chi connectivity index (χ4n) is 3.54. The summed E-state index contributed by atoms with van der Waals surface area (Å²) in [4.78, 5) is 12.6. The Morgan fingerprint density at radius 2 is 1.89 bits per heavy atom. The number of para-hydroxylation sites is 1. The molecule has 0 radical (unpaired) electrons. The Hall–Kier alpha value is -1.65. The van der Waals surface area contributed by atoms with Crippen molar-refractivity contribution in [3.05, 3.63) is 64.7 Å². The number of hydrogen-bond donors (Lipinski definition) is 1. The van der Waals surface area contributed by atoms with Gasteiger partial charge >= 0.3 is 0 Å². The SMILES string of the molecule is CCC1(CC)CC(NC(=O)CSCc2ccccc2Cl)c2ccccc2O1. The molecule has 1 aliphatic heterocycles. The van der Waals surface area contributed by atoms with Crippen LogP contribution in [0.15, 0.2) is 48.5 Å². The molecule has 27 heavy (non-hydrogen) atoms. The van der Waals surface area contributed by atoms with E-state index in [1.807, 2.05) is 48.5 Å². The standard InChI is InChI=1S/C22H26ClNO2S/c1-3-22(4-2)13-19(17-10-6-8-12-20(17)26-22)24-21(25)15-27-14-16-9-5-7-11-18(16)23/h5-12,19H,3-4,13-15H2,1-2H3,(H,24,25). The highest BCUT2D eigenvalue weighted by Crippen LogP contribution is 2.42. The van der Waals surface area contributed by atoms with E-state index >= 15 is 0 Å². The lowest BCUT2D eigenvalue weighted by Gasteiger charge is -2.41. The molecule has 0 saturated heterocycles. The third-order valence-corrected chi connectivity index (χ3v) is 6.62. The number of benzene rings is 2. The van der Waals surface area contributed by atoms with Crippen molar-refractivity contribution >= 4 is 29.3 Å². The van der Waals surface area contributed by atoms with Crippen molar-refractivity contribution < 1.29 is 9.53 Å². The molecule has 1 amide bonds. The van der Waals surface area contributed by atoms with Crippen molar-refractivity contribution in [3.8, 4) is 5.75 Å². The summed E-state index contributed by atoms with van der Waals surface area (Å²) in [6.07, 6.45) is 2.65. The predicted molar refractivity (Wildman–Crippen MR) is 113 cm³/mol. The van der Waals surface area contributed by atoms with Gasteiger partial charge in [0.1, 0.15) is 11.4 Å². The largest absolute Gasteiger partial charge is 0.487 e. The maximum Gasteiger partial charge on any atom is 0.230 e. The summed E-state index contributed by atoms with van der Waals surface area (Å²) in [6.45, 7) is 4.30. The van der Waals surface area contributed by atoms with Gasteiger partial charge in [0.25, 0.3) is 0 Å². The molecule has 0 spiro atoms. The summed E-state index contributed by atoms with van der Waals surface area (Å²) in [7, 11) is 0. The number of hydrogen-bond acceptors (Lipinski definition) is 3. The molecule has 1 atom stereocenters. The van der Waals surface area contributed by atoms with Gasteiger partial charge in [0.05, 0.1) is 11.8 Å². The van der Waals surface area contributed by atoms with E-state index in [1.165, 1.54) is 0 Å². The second-order valence-corrected chi connectivity index (χ2v) is 8.33. The van der Waals surface area contributed by atoms with Crippen molar-refractivity contribution in [1.82, 2.24) is 5.32 Å². The Labute approximate surface area is 170 Å². The lowest BCUT2D eigenvalue weighted by molar-refractivity contribution is -0.120. The number of nitrogens with one attached hydrogen (secondary N) is 1. The molecule has 1 aliphatic rings. The first-order valence-electron chi connectivity index (χ1n) is 9.45. The zero-order chi connectivity index (χ0) is 19.3. The van der Waals surface area contributed by atoms with Crippen LogP contribution in [0.25, 0.3) is 0 Å². The van der Waals surface area contributed by atoms with Crippen LogP contribution in [0.1, 0.15) is 50.3 Å². The summed E-state index contributed by atoms with van der Waals surface area (Å²) in [6, 6.07) is 15.8. The lowest BCUT2D eigenvalue weighted by Crippen LogP contribution is -2.44. The summed E-state index contributed by atoms with van der Waals surface area (Å²) in [5.74, 6) is 2.08. The van der Waals surface area contributed by atoms with E-state index in [4.69, 9.17) is 16.3 Å². The summed E-state index contributed by atoms with van der Waals surface area (Å²) >= 11 is 7.77. The van der Waals surface area contributed by atoms with Crippen LogP contribution in [0, 0.1) is 0 Å². The number of halogens is 1. The molecular weight excluding hydrogens is 378 g/mol. The predicted octanol–water partition coefficient (Wildman–Crippen LogP) is 5.77. The van der Waals surface area contributed by atoms with Crippen LogP contribution in [0.4, 0.5) is 0 Å². The Kier molecular flexibility index (Phi) is 6.72. The number of fused-ring (bicyclic) bond motifs is 1. The van der Waals surface area contributed by atoms with Gasteiger partial charge in [-0.05, 0) is 30.5 Å². The van der Waals surface area contributed by atoms with Crippen molar-refractivity contribution in [2.24, 2.45) is 0 Å². The maximum atomic E-state index is 12.6. The molecule has 3 rings (SSSR count). The number of ether oxygens (including phenoxy) is 1. The normalized spacial score (nSPS) is 17.7. The minimum Gasteiger partial charge on any atom is -0.487 e.